The average molecular weight is 980 g/mol. The topological polar surface area (TPSA) is 78.9 Å². The normalized spacial score (nSPS) is 12.4. The van der Waals surface area contributed by atoms with Gasteiger partial charge in [0, 0.05) is 19.3 Å². The van der Waals surface area contributed by atoms with Gasteiger partial charge in [-0.25, -0.2) is 0 Å². The molecule has 0 aromatic carbocycles. The fraction of sp³-hybridized carbons (Fsp3) is 0.797. The van der Waals surface area contributed by atoms with Crippen LogP contribution in [0.3, 0.4) is 0 Å². The number of allylic oxidation sites excluding steroid dienone is 10. The Morgan fingerprint density at radius 3 is 0.829 bits per heavy atom. The molecule has 0 aliphatic rings. The number of hydrogen-bond acceptors (Lipinski definition) is 6. The molecule has 70 heavy (non-hydrogen) atoms. The van der Waals surface area contributed by atoms with E-state index in [0.29, 0.717) is 19.3 Å². The molecule has 0 N–H and O–H groups in total. The van der Waals surface area contributed by atoms with Crippen molar-refractivity contribution in [2.75, 3.05) is 13.2 Å². The maximum atomic E-state index is 12.9. The van der Waals surface area contributed by atoms with Crippen LogP contribution >= 0.6 is 0 Å². The number of ether oxygens (including phenoxy) is 3. The molecule has 0 aromatic rings. The highest BCUT2D eigenvalue weighted by atomic mass is 16.6. The highest BCUT2D eigenvalue weighted by molar-refractivity contribution is 5.71. The summed E-state index contributed by atoms with van der Waals surface area (Å²) in [6.45, 7) is 6.62. The summed E-state index contributed by atoms with van der Waals surface area (Å²) in [4.78, 5) is 38.2. The molecule has 0 amide bonds. The molecule has 1 atom stereocenters. The van der Waals surface area contributed by atoms with Crippen molar-refractivity contribution in [3.05, 3.63) is 60.8 Å². The van der Waals surface area contributed by atoms with Gasteiger partial charge in [-0.3, -0.25) is 14.4 Å². The summed E-state index contributed by atoms with van der Waals surface area (Å²) in [5, 5.41) is 0. The van der Waals surface area contributed by atoms with E-state index in [1.165, 1.54) is 186 Å². The molecule has 0 aliphatic heterocycles. The van der Waals surface area contributed by atoms with Gasteiger partial charge in [-0.05, 0) is 109 Å². The Morgan fingerprint density at radius 2 is 0.514 bits per heavy atom. The van der Waals surface area contributed by atoms with Gasteiger partial charge in [-0.15, -0.1) is 0 Å². The van der Waals surface area contributed by atoms with Crippen molar-refractivity contribution in [3.63, 3.8) is 0 Å². The smallest absolute Gasteiger partial charge is 0.306 e. The van der Waals surface area contributed by atoms with Crippen molar-refractivity contribution in [3.8, 4) is 0 Å². The van der Waals surface area contributed by atoms with E-state index in [1.54, 1.807) is 0 Å². The van der Waals surface area contributed by atoms with Crippen LogP contribution < -0.4 is 0 Å². The zero-order chi connectivity index (χ0) is 50.7. The van der Waals surface area contributed by atoms with Gasteiger partial charge >= 0.3 is 17.9 Å². The quantitative estimate of drug-likeness (QED) is 0.0261. The molecule has 0 spiro atoms. The Labute approximate surface area is 434 Å². The zero-order valence-electron chi connectivity index (χ0n) is 46.5. The second-order valence-corrected chi connectivity index (χ2v) is 20.2. The molecule has 0 saturated heterocycles. The maximum Gasteiger partial charge on any atom is 0.306 e. The van der Waals surface area contributed by atoms with E-state index in [2.05, 4.69) is 81.5 Å². The standard InChI is InChI=1S/C64H114O6/c1-4-7-10-13-16-19-22-25-27-29-31-32-33-35-36-39-42-45-48-51-54-57-63(66)69-60-61(59-68-62(65)56-53-50-47-44-41-38-24-21-18-15-12-9-6-3)70-64(67)58-55-52-49-46-43-40-37-34-30-28-26-23-20-17-14-11-8-5-2/h21-22,24-25,28-31,33,35,61H,4-20,23,26-27,32,34,36-60H2,1-3H3/b24-21-,25-22-,30-28-,31-29-,35-33-. The molecule has 0 saturated carbocycles. The second-order valence-electron chi connectivity index (χ2n) is 20.2. The fourth-order valence-electron chi connectivity index (χ4n) is 8.62. The van der Waals surface area contributed by atoms with Crippen LogP contribution in [0.2, 0.25) is 0 Å². The van der Waals surface area contributed by atoms with Crippen LogP contribution in [-0.4, -0.2) is 37.2 Å². The van der Waals surface area contributed by atoms with Crippen LogP contribution in [0.15, 0.2) is 60.8 Å². The third-order valence-electron chi connectivity index (χ3n) is 13.2. The van der Waals surface area contributed by atoms with E-state index in [4.69, 9.17) is 14.2 Å². The Morgan fingerprint density at radius 1 is 0.286 bits per heavy atom. The highest BCUT2D eigenvalue weighted by Gasteiger charge is 2.19. The summed E-state index contributed by atoms with van der Waals surface area (Å²) in [5.74, 6) is -0.896. The van der Waals surface area contributed by atoms with Crippen molar-refractivity contribution in [1.82, 2.24) is 0 Å². The first kappa shape index (κ1) is 67.1. The molecule has 1 unspecified atom stereocenters. The first-order chi connectivity index (χ1) is 34.5. The van der Waals surface area contributed by atoms with E-state index in [9.17, 15) is 14.4 Å². The molecule has 0 aromatic heterocycles. The highest BCUT2D eigenvalue weighted by Crippen LogP contribution is 2.15. The number of rotatable bonds is 55. The van der Waals surface area contributed by atoms with Crippen molar-refractivity contribution in [1.29, 1.82) is 0 Å². The zero-order valence-corrected chi connectivity index (χ0v) is 46.5. The summed E-state index contributed by atoms with van der Waals surface area (Å²) in [6, 6.07) is 0. The second kappa shape index (κ2) is 58.7. The van der Waals surface area contributed by atoms with Gasteiger partial charge < -0.3 is 14.2 Å². The molecule has 0 radical (unpaired) electrons. The Hall–Kier alpha value is -2.89. The van der Waals surface area contributed by atoms with Crippen molar-refractivity contribution < 1.29 is 28.6 Å². The van der Waals surface area contributed by atoms with Crippen LogP contribution in [0, 0.1) is 0 Å². The summed E-state index contributed by atoms with van der Waals surface area (Å²) in [6.07, 6.45) is 73.5. The monoisotopic (exact) mass is 979 g/mol. The van der Waals surface area contributed by atoms with Gasteiger partial charge in [-0.1, -0.05) is 242 Å². The summed E-state index contributed by atoms with van der Waals surface area (Å²) >= 11 is 0. The first-order valence-electron chi connectivity index (χ1n) is 30.3. The summed E-state index contributed by atoms with van der Waals surface area (Å²) < 4.78 is 16.9. The van der Waals surface area contributed by atoms with Crippen molar-refractivity contribution >= 4 is 17.9 Å². The van der Waals surface area contributed by atoms with Crippen LogP contribution in [-0.2, 0) is 28.6 Å². The van der Waals surface area contributed by atoms with Crippen molar-refractivity contribution in [2.45, 2.75) is 316 Å². The molecule has 0 bridgehead atoms. The Kier molecular flexibility index (Phi) is 56.3. The lowest BCUT2D eigenvalue weighted by Gasteiger charge is -2.18. The van der Waals surface area contributed by atoms with Crippen LogP contribution in [0.5, 0.6) is 0 Å². The molecule has 6 nitrogen and oxygen atoms in total. The number of esters is 3. The molecule has 0 rings (SSSR count). The third kappa shape index (κ3) is 56.0. The van der Waals surface area contributed by atoms with Crippen LogP contribution in [0.1, 0.15) is 310 Å². The third-order valence-corrected chi connectivity index (χ3v) is 13.2. The minimum absolute atomic E-state index is 0.0835. The predicted octanol–water partition coefficient (Wildman–Crippen LogP) is 20.4. The first-order valence-corrected chi connectivity index (χ1v) is 30.3. The van der Waals surface area contributed by atoms with Crippen LogP contribution in [0.25, 0.3) is 0 Å². The van der Waals surface area contributed by atoms with Crippen LogP contribution in [0.4, 0.5) is 0 Å². The fourth-order valence-corrected chi connectivity index (χ4v) is 8.62. The molecule has 6 heteroatoms. The summed E-state index contributed by atoms with van der Waals surface area (Å²) in [5.41, 5.74) is 0. The number of hydrogen-bond donors (Lipinski definition) is 0. The molecule has 406 valence electrons. The SMILES string of the molecule is CCCCCC/C=C\CCCCCCCC(=O)OCC(COC(=O)CCCCCCCC/C=C\C/C=C\C/C=C\CCCCCCC)OC(=O)CCCCCCCCC/C=C\CCCCCCCCC. The lowest BCUT2D eigenvalue weighted by molar-refractivity contribution is -0.167. The van der Waals surface area contributed by atoms with E-state index in [-0.39, 0.29) is 31.1 Å². The van der Waals surface area contributed by atoms with E-state index in [1.807, 2.05) is 0 Å². The molecular weight excluding hydrogens is 865 g/mol. The number of carbonyl (C=O) groups is 3. The molecule has 0 aliphatic carbocycles. The minimum Gasteiger partial charge on any atom is -0.462 e. The van der Waals surface area contributed by atoms with Gasteiger partial charge in [0.15, 0.2) is 6.10 Å². The largest absolute Gasteiger partial charge is 0.462 e. The average Bonchev–Trinajstić information content (AvgIpc) is 3.36. The van der Waals surface area contributed by atoms with Gasteiger partial charge in [0.25, 0.3) is 0 Å². The van der Waals surface area contributed by atoms with Gasteiger partial charge in [0.1, 0.15) is 13.2 Å². The summed E-state index contributed by atoms with van der Waals surface area (Å²) in [7, 11) is 0. The van der Waals surface area contributed by atoms with Gasteiger partial charge in [0.2, 0.25) is 0 Å². The Balaban J connectivity index is 4.38. The molecule has 0 fully saturated rings. The number of unbranched alkanes of at least 4 members (excludes halogenated alkanes) is 34. The van der Waals surface area contributed by atoms with E-state index < -0.39 is 6.10 Å². The van der Waals surface area contributed by atoms with Gasteiger partial charge in [0.05, 0.1) is 0 Å². The Bertz CT molecular complexity index is 1260. The lowest BCUT2D eigenvalue weighted by Crippen LogP contribution is -2.30. The van der Waals surface area contributed by atoms with E-state index >= 15 is 0 Å². The number of carbonyl (C=O) groups excluding carboxylic acids is 3. The van der Waals surface area contributed by atoms with E-state index in [0.717, 1.165) is 83.5 Å². The van der Waals surface area contributed by atoms with Crippen molar-refractivity contribution in [2.24, 2.45) is 0 Å². The van der Waals surface area contributed by atoms with Gasteiger partial charge in [-0.2, -0.15) is 0 Å². The maximum absolute atomic E-state index is 12.9. The minimum atomic E-state index is -0.786. The predicted molar refractivity (Wildman–Crippen MR) is 302 cm³/mol. The molecular formula is C64H114O6. The lowest BCUT2D eigenvalue weighted by atomic mass is 10.1. The molecule has 0 heterocycles.